The van der Waals surface area contributed by atoms with Gasteiger partial charge in [0, 0.05) is 11.8 Å². The summed E-state index contributed by atoms with van der Waals surface area (Å²) in [6.07, 6.45) is 12.3. The zero-order valence-corrected chi connectivity index (χ0v) is 24.2. The van der Waals surface area contributed by atoms with Crippen LogP contribution in [0.5, 0.6) is 0 Å². The van der Waals surface area contributed by atoms with Crippen molar-refractivity contribution in [3.05, 3.63) is 12.2 Å². The fourth-order valence-corrected chi connectivity index (χ4v) is 4.11. The first-order chi connectivity index (χ1) is 16.5. The van der Waals surface area contributed by atoms with E-state index in [-0.39, 0.29) is 13.0 Å². The molecule has 0 saturated heterocycles. The van der Waals surface area contributed by atoms with Gasteiger partial charge < -0.3 is 33.4 Å². The van der Waals surface area contributed by atoms with Crippen molar-refractivity contribution in [1.29, 1.82) is 0 Å². The molecule has 0 spiro atoms. The Morgan fingerprint density at radius 3 is 2.29 bits per heavy atom. The van der Waals surface area contributed by atoms with Crippen molar-refractivity contribution in [2.75, 3.05) is 52.8 Å². The summed E-state index contributed by atoms with van der Waals surface area (Å²) in [6, 6.07) is 0. The van der Waals surface area contributed by atoms with Crippen LogP contribution < -0.4 is 4.89 Å². The molecular formula is C24H47BrNO8P. The van der Waals surface area contributed by atoms with E-state index in [0.29, 0.717) is 30.3 Å². The normalized spacial score (nSPS) is 15.7. The average Bonchev–Trinajstić information content (AvgIpc) is 2.76. The molecule has 11 heteroatoms. The van der Waals surface area contributed by atoms with E-state index in [4.69, 9.17) is 13.8 Å². The topological polar surface area (TPSA) is 125 Å². The van der Waals surface area contributed by atoms with Crippen LogP contribution in [0.4, 0.5) is 0 Å². The van der Waals surface area contributed by atoms with Gasteiger partial charge in [-0.25, -0.2) is 0 Å². The third-order valence-electron chi connectivity index (χ3n) is 5.18. The fourth-order valence-electron chi connectivity index (χ4n) is 3.06. The number of likely N-dealkylation sites (N-methyl/N-ethyl adjacent to an activating group) is 1. The lowest BCUT2D eigenvalue weighted by molar-refractivity contribution is -0.870. The van der Waals surface area contributed by atoms with Crippen molar-refractivity contribution in [3.8, 4) is 0 Å². The number of phosphoric ester groups is 1. The predicted octanol–water partition coefficient (Wildman–Crippen LogP) is 3.70. The van der Waals surface area contributed by atoms with Gasteiger partial charge in [-0.15, -0.1) is 0 Å². The van der Waals surface area contributed by atoms with Crippen LogP contribution in [0, 0.1) is 0 Å². The Kier molecular flexibility index (Phi) is 20.5. The zero-order valence-electron chi connectivity index (χ0n) is 21.7. The monoisotopic (exact) mass is 587 g/mol. The molecule has 0 fully saturated rings. The number of halogens is 1. The first-order valence-electron chi connectivity index (χ1n) is 12.6. The molecule has 208 valence electrons. The number of hydrogen-bond acceptors (Lipinski definition) is 8. The van der Waals surface area contributed by atoms with E-state index in [1.807, 2.05) is 21.1 Å². The molecule has 0 saturated carbocycles. The molecule has 2 N–H and O–H groups in total. The van der Waals surface area contributed by atoms with Crippen molar-refractivity contribution in [1.82, 2.24) is 0 Å². The third-order valence-corrected chi connectivity index (χ3v) is 6.70. The maximum Gasteiger partial charge on any atom is 0.306 e. The number of carbonyl (C=O) groups excluding carboxylic acids is 1. The van der Waals surface area contributed by atoms with Crippen molar-refractivity contribution < 1.29 is 42.7 Å². The number of ether oxygens (including phenoxy) is 1. The standard InChI is InChI=1S/C24H47BrNO8P/c1-26(2,3)18-19-32-35(30,31)33-21-23(20-27)34-24(29)16-13-15-22(28)14-11-9-7-5-4-6-8-10-12-17-25/h6,8,22-23,27-28H,4-5,7,9-21H2,1-3H3/b8-6-/i25-1. The molecule has 0 aromatic rings. The number of unbranched alkanes of at least 4 members (excludes halogenated alkanes) is 5. The zero-order chi connectivity index (χ0) is 26.6. The van der Waals surface area contributed by atoms with E-state index in [1.165, 1.54) is 6.42 Å². The first kappa shape index (κ1) is 34.7. The van der Waals surface area contributed by atoms with Crippen LogP contribution in [0.1, 0.15) is 70.6 Å². The van der Waals surface area contributed by atoms with Gasteiger partial charge in [-0.1, -0.05) is 47.3 Å². The van der Waals surface area contributed by atoms with Crippen molar-refractivity contribution in [2.45, 2.75) is 82.8 Å². The van der Waals surface area contributed by atoms with Crippen LogP contribution >= 0.6 is 23.8 Å². The second kappa shape index (κ2) is 20.7. The number of esters is 1. The molecule has 0 aromatic heterocycles. The number of hydrogen-bond donors (Lipinski definition) is 2. The number of carbonyl (C=O) groups is 1. The van der Waals surface area contributed by atoms with E-state index in [9.17, 15) is 24.5 Å². The van der Waals surface area contributed by atoms with Gasteiger partial charge in [0.25, 0.3) is 7.82 Å². The first-order valence-corrected chi connectivity index (χ1v) is 15.2. The number of phosphoric acid groups is 1. The minimum absolute atomic E-state index is 0.0364. The van der Waals surface area contributed by atoms with Gasteiger partial charge in [0.1, 0.15) is 19.3 Å². The van der Waals surface area contributed by atoms with Crippen LogP contribution in [0.3, 0.4) is 0 Å². The Labute approximate surface area is 220 Å². The summed E-state index contributed by atoms with van der Waals surface area (Å²) in [7, 11) is 1.14. The Morgan fingerprint density at radius 1 is 1.03 bits per heavy atom. The second-order valence-electron chi connectivity index (χ2n) is 9.72. The van der Waals surface area contributed by atoms with Crippen LogP contribution in [0.15, 0.2) is 12.2 Å². The van der Waals surface area contributed by atoms with Gasteiger partial charge in [0.05, 0.1) is 40.5 Å². The van der Waals surface area contributed by atoms with Crippen LogP contribution in [-0.4, -0.2) is 85.7 Å². The molecule has 3 unspecified atom stereocenters. The average molecular weight is 588 g/mol. The molecule has 35 heavy (non-hydrogen) atoms. The summed E-state index contributed by atoms with van der Waals surface area (Å²) in [4.78, 5) is 23.8. The maximum absolute atomic E-state index is 12.0. The van der Waals surface area contributed by atoms with E-state index in [1.54, 1.807) is 0 Å². The third kappa shape index (κ3) is 23.8. The summed E-state index contributed by atoms with van der Waals surface area (Å²) >= 11 is 3.42. The lowest BCUT2D eigenvalue weighted by Gasteiger charge is -2.28. The Hall–Kier alpha value is -0.320. The molecule has 3 atom stereocenters. The Bertz CT molecular complexity index is 615. The van der Waals surface area contributed by atoms with Crippen molar-refractivity contribution >= 4 is 29.7 Å². The number of rotatable bonds is 23. The highest BCUT2D eigenvalue weighted by Crippen LogP contribution is 2.38. The molecule has 0 aliphatic carbocycles. The molecule has 0 bridgehead atoms. The molecule has 0 aliphatic rings. The summed E-state index contributed by atoms with van der Waals surface area (Å²) in [5.41, 5.74) is 0. The number of nitrogens with zero attached hydrogens (tertiary/aromatic N) is 1. The molecule has 0 aliphatic heterocycles. The van der Waals surface area contributed by atoms with Crippen LogP contribution in [0.25, 0.3) is 0 Å². The molecule has 0 heterocycles. The van der Waals surface area contributed by atoms with Gasteiger partial charge in [-0.2, -0.15) is 0 Å². The number of aliphatic hydroxyl groups excluding tert-OH is 2. The van der Waals surface area contributed by atoms with Gasteiger partial charge in [0.2, 0.25) is 0 Å². The number of alkyl halides is 1. The molecular weight excluding hydrogens is 540 g/mol. The minimum Gasteiger partial charge on any atom is -0.756 e. The molecule has 9 nitrogen and oxygen atoms in total. The SMILES string of the molecule is C[N+](C)(C)CCOP(=O)([O-])OCC(CO)OC(=O)CCCC(O)CCCCCC/C=C\CCC[79Br]. The molecule has 0 aromatic carbocycles. The summed E-state index contributed by atoms with van der Waals surface area (Å²) in [5, 5.41) is 20.5. The smallest absolute Gasteiger partial charge is 0.306 e. The largest absolute Gasteiger partial charge is 0.756 e. The van der Waals surface area contributed by atoms with Gasteiger partial charge in [0.15, 0.2) is 0 Å². The molecule has 0 rings (SSSR count). The summed E-state index contributed by atoms with van der Waals surface area (Å²) < 4.78 is 26.9. The second-order valence-corrected chi connectivity index (χ2v) is 11.9. The number of aliphatic hydroxyl groups is 2. The summed E-state index contributed by atoms with van der Waals surface area (Å²) in [5.74, 6) is -0.573. The fraction of sp³-hybridized carbons (Fsp3) is 0.875. The molecule has 0 radical (unpaired) electrons. The quantitative estimate of drug-likeness (QED) is 0.0463. The maximum atomic E-state index is 12.0. The highest BCUT2D eigenvalue weighted by molar-refractivity contribution is 9.09. The van der Waals surface area contributed by atoms with E-state index >= 15 is 0 Å². The predicted molar refractivity (Wildman–Crippen MR) is 139 cm³/mol. The van der Waals surface area contributed by atoms with Crippen LogP contribution in [0.2, 0.25) is 0 Å². The lowest BCUT2D eigenvalue weighted by atomic mass is 10.0. The van der Waals surface area contributed by atoms with Crippen LogP contribution in [-0.2, 0) is 23.1 Å². The summed E-state index contributed by atoms with van der Waals surface area (Å²) in [6.45, 7) is -0.649. The Morgan fingerprint density at radius 2 is 1.66 bits per heavy atom. The van der Waals surface area contributed by atoms with E-state index in [2.05, 4.69) is 28.1 Å². The van der Waals surface area contributed by atoms with E-state index in [0.717, 1.165) is 43.9 Å². The van der Waals surface area contributed by atoms with Crippen molar-refractivity contribution in [3.63, 3.8) is 0 Å². The van der Waals surface area contributed by atoms with Crippen molar-refractivity contribution in [2.24, 2.45) is 0 Å². The highest BCUT2D eigenvalue weighted by Gasteiger charge is 2.19. The van der Waals surface area contributed by atoms with E-state index < -0.39 is 39.2 Å². The highest BCUT2D eigenvalue weighted by atomic mass is 78.9. The Balaban J connectivity index is 3.90. The van der Waals surface area contributed by atoms with Gasteiger partial charge >= 0.3 is 5.97 Å². The minimum atomic E-state index is -4.55. The number of quaternary nitrogens is 1. The van der Waals surface area contributed by atoms with Gasteiger partial charge in [-0.05, 0) is 44.9 Å². The lowest BCUT2D eigenvalue weighted by Crippen LogP contribution is -2.37. The molecule has 0 amide bonds. The number of allylic oxidation sites excluding steroid dienone is 2. The van der Waals surface area contributed by atoms with Gasteiger partial charge in [-0.3, -0.25) is 9.36 Å².